The lowest BCUT2D eigenvalue weighted by Crippen LogP contribution is -2.22. The Kier molecular flexibility index (Phi) is 3.95. The van der Waals surface area contributed by atoms with E-state index in [0.29, 0.717) is 12.8 Å². The van der Waals surface area contributed by atoms with Crippen LogP contribution in [0.3, 0.4) is 0 Å². The highest BCUT2D eigenvalue weighted by Crippen LogP contribution is 2.33. The van der Waals surface area contributed by atoms with Gasteiger partial charge in [-0.3, -0.25) is 9.52 Å². The number of amides is 1. The minimum atomic E-state index is -3.64. The summed E-state index contributed by atoms with van der Waals surface area (Å²) in [4.78, 5) is 23.4. The molecule has 1 aromatic heterocycles. The molecule has 9 heteroatoms. The van der Waals surface area contributed by atoms with Gasteiger partial charge in [-0.1, -0.05) is 0 Å². The summed E-state index contributed by atoms with van der Waals surface area (Å²) in [5.74, 6) is -2.03. The first-order chi connectivity index (χ1) is 9.77. The molecule has 2 rings (SSSR count). The average Bonchev–Trinajstić information content (AvgIpc) is 3.14. The minimum Gasteiger partial charge on any atom is -0.462 e. The third-order valence-electron chi connectivity index (χ3n) is 3.01. The number of aryl methyl sites for hydroxylation is 1. The van der Waals surface area contributed by atoms with Gasteiger partial charge in [0.05, 0.1) is 11.9 Å². The first-order valence-electron chi connectivity index (χ1n) is 6.39. The highest BCUT2D eigenvalue weighted by Gasteiger charge is 2.38. The number of primary amides is 1. The predicted octanol–water partition coefficient (Wildman–Crippen LogP) is 0.768. The predicted molar refractivity (Wildman–Crippen MR) is 73.5 cm³/mol. The highest BCUT2D eigenvalue weighted by atomic mass is 32.2. The Morgan fingerprint density at radius 1 is 1.38 bits per heavy atom. The number of anilines is 1. The molecule has 0 bridgehead atoms. The zero-order valence-electron chi connectivity index (χ0n) is 11.6. The molecule has 1 aliphatic rings. The number of hydrogen-bond acceptors (Lipinski definition) is 6. The molecular weight excluding hydrogens is 300 g/mol. The first-order valence-corrected chi connectivity index (χ1v) is 7.94. The summed E-state index contributed by atoms with van der Waals surface area (Å²) < 4.78 is 36.0. The van der Waals surface area contributed by atoms with Crippen molar-refractivity contribution in [3.63, 3.8) is 0 Å². The number of furan rings is 1. The lowest BCUT2D eigenvalue weighted by Gasteiger charge is -2.05. The van der Waals surface area contributed by atoms with E-state index in [1.54, 1.807) is 6.92 Å². The fraction of sp³-hybridized carbons (Fsp3) is 0.500. The molecule has 1 aromatic rings. The number of nitrogens with one attached hydrogen (secondary N) is 1. The standard InChI is InChI=1S/C12H16N2O6S/c1-3-19-12(16)8-6(2)20-11(9(8)10(13)15)14-21(17,18)7-4-5-7/h7,14H,3-5H2,1-2H3,(H2,13,15). The van der Waals surface area contributed by atoms with Crippen LogP contribution >= 0.6 is 0 Å². The van der Waals surface area contributed by atoms with Gasteiger partial charge in [-0.25, -0.2) is 13.2 Å². The van der Waals surface area contributed by atoms with E-state index in [9.17, 15) is 18.0 Å². The Morgan fingerprint density at radius 3 is 2.48 bits per heavy atom. The molecule has 0 atom stereocenters. The maximum absolute atomic E-state index is 11.9. The Labute approximate surface area is 121 Å². The van der Waals surface area contributed by atoms with E-state index in [0.717, 1.165) is 0 Å². The molecule has 0 aliphatic heterocycles. The molecule has 0 aromatic carbocycles. The number of sulfonamides is 1. The Morgan fingerprint density at radius 2 is 2.00 bits per heavy atom. The second kappa shape index (κ2) is 5.40. The molecule has 1 saturated carbocycles. The monoisotopic (exact) mass is 316 g/mol. The van der Waals surface area contributed by atoms with Crippen molar-refractivity contribution in [2.75, 3.05) is 11.3 Å². The molecule has 0 saturated heterocycles. The molecule has 1 aliphatic carbocycles. The maximum Gasteiger partial charge on any atom is 0.342 e. The van der Waals surface area contributed by atoms with Crippen molar-refractivity contribution in [3.05, 3.63) is 16.9 Å². The van der Waals surface area contributed by atoms with Crippen molar-refractivity contribution < 1.29 is 27.2 Å². The van der Waals surface area contributed by atoms with Crippen LogP contribution in [0.2, 0.25) is 0 Å². The van der Waals surface area contributed by atoms with Gasteiger partial charge in [0.1, 0.15) is 16.9 Å². The van der Waals surface area contributed by atoms with Crippen LogP contribution in [0, 0.1) is 6.92 Å². The molecule has 21 heavy (non-hydrogen) atoms. The van der Waals surface area contributed by atoms with Crippen LogP contribution in [0.1, 0.15) is 46.2 Å². The van der Waals surface area contributed by atoms with Crippen molar-refractivity contribution in [3.8, 4) is 0 Å². The zero-order valence-corrected chi connectivity index (χ0v) is 12.5. The van der Waals surface area contributed by atoms with Crippen LogP contribution in [-0.2, 0) is 14.8 Å². The minimum absolute atomic E-state index is 0.0655. The number of ether oxygens (including phenoxy) is 1. The average molecular weight is 316 g/mol. The van der Waals surface area contributed by atoms with Gasteiger partial charge in [0.25, 0.3) is 5.91 Å². The number of carbonyl (C=O) groups excluding carboxylic acids is 2. The van der Waals surface area contributed by atoms with E-state index in [1.165, 1.54) is 6.92 Å². The zero-order chi connectivity index (χ0) is 15.8. The second-order valence-electron chi connectivity index (χ2n) is 4.67. The fourth-order valence-electron chi connectivity index (χ4n) is 1.89. The van der Waals surface area contributed by atoms with E-state index < -0.39 is 27.1 Å². The van der Waals surface area contributed by atoms with Crippen LogP contribution < -0.4 is 10.5 Å². The highest BCUT2D eigenvalue weighted by molar-refractivity contribution is 7.93. The number of rotatable bonds is 6. The van der Waals surface area contributed by atoms with Crippen LogP contribution in [0.15, 0.2) is 4.42 Å². The van der Waals surface area contributed by atoms with E-state index in [1.807, 2.05) is 0 Å². The fourth-order valence-corrected chi connectivity index (χ4v) is 3.22. The maximum atomic E-state index is 11.9. The third kappa shape index (κ3) is 3.02. The summed E-state index contributed by atoms with van der Waals surface area (Å²) in [6, 6.07) is 0. The van der Waals surface area contributed by atoms with Gasteiger partial charge >= 0.3 is 5.97 Å². The Hall–Kier alpha value is -2.03. The lowest BCUT2D eigenvalue weighted by atomic mass is 10.1. The van der Waals surface area contributed by atoms with Gasteiger partial charge in [-0.15, -0.1) is 0 Å². The molecule has 3 N–H and O–H groups in total. The van der Waals surface area contributed by atoms with Crippen molar-refractivity contribution >= 4 is 27.8 Å². The summed E-state index contributed by atoms with van der Waals surface area (Å²) in [5.41, 5.74) is 4.77. The molecule has 1 fully saturated rings. The quantitative estimate of drug-likeness (QED) is 0.746. The van der Waals surface area contributed by atoms with Crippen LogP contribution in [0.5, 0.6) is 0 Å². The van der Waals surface area contributed by atoms with Crippen LogP contribution in [0.25, 0.3) is 0 Å². The van der Waals surface area contributed by atoms with Gasteiger partial charge in [-0.05, 0) is 26.7 Å². The van der Waals surface area contributed by atoms with Gasteiger partial charge in [0.2, 0.25) is 15.9 Å². The lowest BCUT2D eigenvalue weighted by molar-refractivity contribution is 0.0521. The van der Waals surface area contributed by atoms with Crippen LogP contribution in [-0.4, -0.2) is 32.2 Å². The summed E-state index contributed by atoms with van der Waals surface area (Å²) >= 11 is 0. The van der Waals surface area contributed by atoms with Gasteiger partial charge in [0.15, 0.2) is 0 Å². The summed E-state index contributed by atoms with van der Waals surface area (Å²) in [6.45, 7) is 3.13. The van der Waals surface area contributed by atoms with E-state index in [-0.39, 0.29) is 29.4 Å². The second-order valence-corrected chi connectivity index (χ2v) is 6.63. The van der Waals surface area contributed by atoms with E-state index in [2.05, 4.69) is 4.72 Å². The van der Waals surface area contributed by atoms with Crippen LogP contribution in [0.4, 0.5) is 5.88 Å². The molecule has 1 amide bonds. The van der Waals surface area contributed by atoms with Crippen molar-refractivity contribution in [2.24, 2.45) is 5.73 Å². The summed E-state index contributed by atoms with van der Waals surface area (Å²) in [5, 5.41) is -0.505. The molecule has 1 heterocycles. The molecule has 8 nitrogen and oxygen atoms in total. The van der Waals surface area contributed by atoms with Crippen molar-refractivity contribution in [2.45, 2.75) is 31.9 Å². The Bertz CT molecular complexity index is 687. The largest absolute Gasteiger partial charge is 0.462 e. The van der Waals surface area contributed by atoms with Gasteiger partial charge in [0, 0.05) is 0 Å². The first kappa shape index (κ1) is 15.4. The molecule has 0 unspecified atom stereocenters. The summed E-state index contributed by atoms with van der Waals surface area (Å²) in [6.07, 6.45) is 1.09. The van der Waals surface area contributed by atoms with E-state index in [4.69, 9.17) is 14.9 Å². The number of nitrogens with two attached hydrogens (primary N) is 1. The molecular formula is C12H16N2O6S. The van der Waals surface area contributed by atoms with Crippen molar-refractivity contribution in [1.82, 2.24) is 0 Å². The third-order valence-corrected chi connectivity index (χ3v) is 4.83. The molecule has 116 valence electrons. The summed E-state index contributed by atoms with van der Waals surface area (Å²) in [7, 11) is -3.64. The van der Waals surface area contributed by atoms with E-state index >= 15 is 0 Å². The topological polar surface area (TPSA) is 129 Å². The SMILES string of the molecule is CCOC(=O)c1c(C)oc(NS(=O)(=O)C2CC2)c1C(N)=O. The number of hydrogen-bond donors (Lipinski definition) is 2. The Balaban J connectivity index is 2.44. The molecule has 0 radical (unpaired) electrons. The number of esters is 1. The normalized spacial score (nSPS) is 14.8. The van der Waals surface area contributed by atoms with Crippen molar-refractivity contribution in [1.29, 1.82) is 0 Å². The van der Waals surface area contributed by atoms with Gasteiger partial charge < -0.3 is 14.9 Å². The smallest absolute Gasteiger partial charge is 0.342 e. The molecule has 0 spiro atoms. The number of carbonyl (C=O) groups is 2. The van der Waals surface area contributed by atoms with Gasteiger partial charge in [-0.2, -0.15) is 0 Å².